The number of phenolic OH excluding ortho intramolecular Hbond substituents is 1. The van der Waals surface area contributed by atoms with Gasteiger partial charge < -0.3 is 20.1 Å². The third-order valence-corrected chi connectivity index (χ3v) is 3.33. The molecule has 0 atom stereocenters. The van der Waals surface area contributed by atoms with Crippen molar-refractivity contribution in [2.45, 2.75) is 25.8 Å². The smallest absolute Gasteiger partial charge is 0.414 e. The summed E-state index contributed by atoms with van der Waals surface area (Å²) < 4.78 is 5.11. The van der Waals surface area contributed by atoms with Gasteiger partial charge in [-0.15, -0.1) is 0 Å². The zero-order valence-corrected chi connectivity index (χ0v) is 12.5. The Morgan fingerprint density at radius 1 is 1.14 bits per heavy atom. The number of methoxy groups -OCH3 is 1. The molecule has 0 bridgehead atoms. The van der Waals surface area contributed by atoms with Gasteiger partial charge in [0.25, 0.3) is 0 Å². The lowest BCUT2D eigenvalue weighted by Gasteiger charge is -2.26. The Labute approximate surface area is 128 Å². The minimum absolute atomic E-state index is 0.288. The highest BCUT2D eigenvalue weighted by atomic mass is 16.5. The number of likely N-dealkylation sites (tertiary alicyclic amines) is 1. The fourth-order valence-electron chi connectivity index (χ4n) is 2.22. The first-order valence-corrected chi connectivity index (χ1v) is 6.99. The number of para-hydroxylation sites is 1. The molecule has 1 fully saturated rings. The molecule has 1 saturated heterocycles. The van der Waals surface area contributed by atoms with Gasteiger partial charge in [-0.3, -0.25) is 4.90 Å². The van der Waals surface area contributed by atoms with E-state index in [2.05, 4.69) is 4.90 Å². The van der Waals surface area contributed by atoms with Gasteiger partial charge in [0.15, 0.2) is 11.5 Å². The Kier molecular flexibility index (Phi) is 7.18. The number of carboxylic acid groups (broad SMARTS) is 2. The molecule has 1 aliphatic heterocycles. The number of aromatic hydroxyl groups is 1. The van der Waals surface area contributed by atoms with Gasteiger partial charge >= 0.3 is 11.9 Å². The molecule has 0 aliphatic carbocycles. The standard InChI is InChI=1S/C13H19NO2.C2H2O4/c1-16-12-7-5-6-11(13(12)15)10-14-8-3-2-4-9-14;3-1(4)2(5)6/h5-7,15H,2-4,8-10H2,1H3;(H,3,4)(H,5,6). The minimum atomic E-state index is -1.82. The molecular formula is C15H21NO6. The van der Waals surface area contributed by atoms with E-state index in [0.29, 0.717) is 5.75 Å². The van der Waals surface area contributed by atoms with Crippen LogP contribution in [0.4, 0.5) is 0 Å². The number of ether oxygens (including phenoxy) is 1. The summed E-state index contributed by atoms with van der Waals surface area (Å²) >= 11 is 0. The van der Waals surface area contributed by atoms with Crippen molar-refractivity contribution in [2.75, 3.05) is 20.2 Å². The van der Waals surface area contributed by atoms with Crippen LogP contribution in [0.2, 0.25) is 0 Å². The highest BCUT2D eigenvalue weighted by molar-refractivity contribution is 6.27. The van der Waals surface area contributed by atoms with Crippen molar-refractivity contribution in [2.24, 2.45) is 0 Å². The van der Waals surface area contributed by atoms with Crippen LogP contribution in [-0.2, 0) is 16.1 Å². The summed E-state index contributed by atoms with van der Waals surface area (Å²) in [5, 5.41) is 24.8. The zero-order valence-electron chi connectivity index (χ0n) is 12.5. The Morgan fingerprint density at radius 2 is 1.73 bits per heavy atom. The second-order valence-corrected chi connectivity index (χ2v) is 4.92. The van der Waals surface area contributed by atoms with E-state index in [1.807, 2.05) is 12.1 Å². The van der Waals surface area contributed by atoms with Crippen molar-refractivity contribution >= 4 is 11.9 Å². The summed E-state index contributed by atoms with van der Waals surface area (Å²) in [7, 11) is 1.58. The van der Waals surface area contributed by atoms with Crippen molar-refractivity contribution in [3.8, 4) is 11.5 Å². The number of phenols is 1. The molecule has 1 aliphatic rings. The molecule has 0 radical (unpaired) electrons. The summed E-state index contributed by atoms with van der Waals surface area (Å²) in [6, 6.07) is 5.68. The third kappa shape index (κ3) is 5.61. The minimum Gasteiger partial charge on any atom is -0.504 e. The van der Waals surface area contributed by atoms with Gasteiger partial charge in [0, 0.05) is 12.1 Å². The molecule has 7 nitrogen and oxygen atoms in total. The SMILES string of the molecule is COc1cccc(CN2CCCCC2)c1O.O=C(O)C(=O)O. The maximum absolute atomic E-state index is 9.97. The van der Waals surface area contributed by atoms with Gasteiger partial charge in [-0.05, 0) is 32.0 Å². The summed E-state index contributed by atoms with van der Waals surface area (Å²) in [5.74, 6) is -2.80. The fraction of sp³-hybridized carbons (Fsp3) is 0.467. The number of hydrogen-bond acceptors (Lipinski definition) is 5. The van der Waals surface area contributed by atoms with Crippen LogP contribution < -0.4 is 4.74 Å². The van der Waals surface area contributed by atoms with E-state index < -0.39 is 11.9 Å². The molecule has 1 aromatic rings. The van der Waals surface area contributed by atoms with Gasteiger partial charge in [0.05, 0.1) is 7.11 Å². The monoisotopic (exact) mass is 311 g/mol. The first-order valence-electron chi connectivity index (χ1n) is 6.99. The molecule has 7 heteroatoms. The number of hydrogen-bond donors (Lipinski definition) is 3. The van der Waals surface area contributed by atoms with Gasteiger partial charge in [0.1, 0.15) is 0 Å². The second-order valence-electron chi connectivity index (χ2n) is 4.92. The Bertz CT molecular complexity index is 499. The van der Waals surface area contributed by atoms with Gasteiger partial charge in [-0.1, -0.05) is 18.6 Å². The first kappa shape index (κ1) is 17.8. The summed E-state index contributed by atoms with van der Waals surface area (Å²) in [6.07, 6.45) is 3.87. The predicted octanol–water partition coefficient (Wildman–Crippen LogP) is 1.54. The van der Waals surface area contributed by atoms with E-state index >= 15 is 0 Å². The largest absolute Gasteiger partial charge is 0.504 e. The normalized spacial score (nSPS) is 14.6. The molecular weight excluding hydrogens is 290 g/mol. The predicted molar refractivity (Wildman–Crippen MR) is 79.1 cm³/mol. The fourth-order valence-corrected chi connectivity index (χ4v) is 2.22. The van der Waals surface area contributed by atoms with E-state index in [1.165, 1.54) is 19.3 Å². The highest BCUT2D eigenvalue weighted by Crippen LogP contribution is 2.30. The van der Waals surface area contributed by atoms with Gasteiger partial charge in [-0.2, -0.15) is 0 Å². The van der Waals surface area contributed by atoms with Crippen LogP contribution in [-0.4, -0.2) is 52.4 Å². The van der Waals surface area contributed by atoms with E-state index in [0.717, 1.165) is 25.2 Å². The molecule has 0 saturated carbocycles. The molecule has 1 heterocycles. The number of piperidine rings is 1. The molecule has 3 N–H and O–H groups in total. The average Bonchev–Trinajstić information content (AvgIpc) is 2.51. The Balaban J connectivity index is 0.000000346. The number of benzene rings is 1. The maximum atomic E-state index is 9.97. The lowest BCUT2D eigenvalue weighted by Crippen LogP contribution is -2.29. The van der Waals surface area contributed by atoms with E-state index in [4.69, 9.17) is 24.5 Å². The molecule has 22 heavy (non-hydrogen) atoms. The van der Waals surface area contributed by atoms with E-state index in [9.17, 15) is 5.11 Å². The molecule has 0 unspecified atom stereocenters. The lowest BCUT2D eigenvalue weighted by atomic mass is 10.1. The van der Waals surface area contributed by atoms with Crippen LogP contribution in [0.5, 0.6) is 11.5 Å². The number of carbonyl (C=O) groups is 2. The number of aliphatic carboxylic acids is 2. The van der Waals surface area contributed by atoms with Crippen LogP contribution >= 0.6 is 0 Å². The van der Waals surface area contributed by atoms with Crippen LogP contribution in [0.25, 0.3) is 0 Å². The van der Waals surface area contributed by atoms with Crippen molar-refractivity contribution in [1.29, 1.82) is 0 Å². The van der Waals surface area contributed by atoms with Crippen LogP contribution in [0.1, 0.15) is 24.8 Å². The zero-order chi connectivity index (χ0) is 16.5. The third-order valence-electron chi connectivity index (χ3n) is 3.33. The highest BCUT2D eigenvalue weighted by Gasteiger charge is 2.14. The number of nitrogens with zero attached hydrogens (tertiary/aromatic N) is 1. The molecule has 1 aromatic carbocycles. The Hall–Kier alpha value is -2.28. The summed E-state index contributed by atoms with van der Waals surface area (Å²) in [5.41, 5.74) is 0.959. The topological polar surface area (TPSA) is 107 Å². The quantitative estimate of drug-likeness (QED) is 0.727. The molecule has 0 aromatic heterocycles. The van der Waals surface area contributed by atoms with Gasteiger partial charge in [0.2, 0.25) is 0 Å². The summed E-state index contributed by atoms with van der Waals surface area (Å²) in [4.78, 5) is 20.6. The maximum Gasteiger partial charge on any atom is 0.414 e. The second kappa shape index (κ2) is 8.89. The number of rotatable bonds is 3. The van der Waals surface area contributed by atoms with Gasteiger partial charge in [-0.25, -0.2) is 9.59 Å². The van der Waals surface area contributed by atoms with Crippen LogP contribution in [0.3, 0.4) is 0 Å². The van der Waals surface area contributed by atoms with Crippen molar-refractivity contribution < 1.29 is 29.6 Å². The van der Waals surface area contributed by atoms with Crippen molar-refractivity contribution in [3.63, 3.8) is 0 Å². The van der Waals surface area contributed by atoms with E-state index in [-0.39, 0.29) is 5.75 Å². The Morgan fingerprint density at radius 3 is 2.23 bits per heavy atom. The molecule has 0 amide bonds. The van der Waals surface area contributed by atoms with Crippen molar-refractivity contribution in [3.05, 3.63) is 23.8 Å². The number of carboxylic acids is 2. The van der Waals surface area contributed by atoms with Crippen molar-refractivity contribution in [1.82, 2.24) is 4.90 Å². The van der Waals surface area contributed by atoms with E-state index in [1.54, 1.807) is 13.2 Å². The molecule has 2 rings (SSSR count). The first-order chi connectivity index (χ1) is 10.5. The van der Waals surface area contributed by atoms with Crippen LogP contribution in [0, 0.1) is 0 Å². The molecule has 0 spiro atoms. The molecule has 122 valence electrons. The average molecular weight is 311 g/mol. The lowest BCUT2D eigenvalue weighted by molar-refractivity contribution is -0.159. The summed E-state index contributed by atoms with van der Waals surface area (Å²) in [6.45, 7) is 3.09. The van der Waals surface area contributed by atoms with Crippen LogP contribution in [0.15, 0.2) is 18.2 Å².